The Bertz CT molecular complexity index is 773. The molecular weight excluding hydrogens is 306 g/mol. The lowest BCUT2D eigenvalue weighted by molar-refractivity contribution is -0.139. The van der Waals surface area contributed by atoms with E-state index < -0.39 is 18.6 Å². The average molecular weight is 327 g/mol. The van der Waals surface area contributed by atoms with Crippen LogP contribution in [0.1, 0.15) is 44.2 Å². The molecule has 0 spiro atoms. The van der Waals surface area contributed by atoms with Crippen LogP contribution in [0.5, 0.6) is 0 Å². The third kappa shape index (κ3) is 2.80. The van der Waals surface area contributed by atoms with Crippen LogP contribution in [0.25, 0.3) is 5.57 Å². The summed E-state index contributed by atoms with van der Waals surface area (Å²) in [4.78, 5) is 28.2. The van der Waals surface area contributed by atoms with E-state index >= 15 is 0 Å². The number of rotatable bonds is 3. The third-order valence-corrected chi connectivity index (χ3v) is 4.81. The van der Waals surface area contributed by atoms with E-state index in [0.29, 0.717) is 12.0 Å². The number of allylic oxidation sites excluding steroid dienone is 2. The smallest absolute Gasteiger partial charge is 0.330 e. The number of aliphatic hydroxyl groups excluding tert-OH is 1. The Kier molecular flexibility index (Phi) is 4.13. The van der Waals surface area contributed by atoms with Crippen LogP contribution in [0.15, 0.2) is 34.8 Å². The maximum atomic E-state index is 12.9. The number of carbonyl (C=O) groups excluding carboxylic acids is 1. The molecule has 2 N–H and O–H groups in total. The SMILES string of the molecule is CC1(C)CCC2=C(C1)c1ccccc1C(=N[C@H](CO)C(=O)O)C2=O. The normalized spacial score (nSPS) is 22.1. The van der Waals surface area contributed by atoms with Gasteiger partial charge in [0.1, 0.15) is 5.71 Å². The van der Waals surface area contributed by atoms with Crippen LogP contribution >= 0.6 is 0 Å². The van der Waals surface area contributed by atoms with E-state index in [1.54, 1.807) is 6.07 Å². The van der Waals surface area contributed by atoms with Gasteiger partial charge in [-0.25, -0.2) is 4.79 Å². The number of Topliss-reactive ketones (excluding diaryl/α,β-unsaturated/α-hetero) is 1. The molecule has 5 nitrogen and oxygen atoms in total. The van der Waals surface area contributed by atoms with E-state index in [9.17, 15) is 14.7 Å². The number of ketones is 1. The first-order valence-corrected chi connectivity index (χ1v) is 8.12. The Labute approximate surface area is 140 Å². The zero-order valence-corrected chi connectivity index (χ0v) is 13.9. The minimum Gasteiger partial charge on any atom is -0.480 e. The highest BCUT2D eigenvalue weighted by Crippen LogP contribution is 2.46. The van der Waals surface area contributed by atoms with Gasteiger partial charge in [0.15, 0.2) is 6.04 Å². The number of aliphatic carboxylic acids is 1. The molecule has 0 unspecified atom stereocenters. The Balaban J connectivity index is 2.17. The van der Waals surface area contributed by atoms with Crippen LogP contribution in [0.3, 0.4) is 0 Å². The maximum Gasteiger partial charge on any atom is 0.330 e. The molecule has 24 heavy (non-hydrogen) atoms. The molecule has 3 rings (SSSR count). The minimum atomic E-state index is -1.32. The Morgan fingerprint density at radius 2 is 1.92 bits per heavy atom. The molecule has 0 fully saturated rings. The highest BCUT2D eigenvalue weighted by molar-refractivity contribution is 6.54. The zero-order valence-electron chi connectivity index (χ0n) is 13.9. The predicted molar refractivity (Wildman–Crippen MR) is 91.0 cm³/mol. The number of benzene rings is 1. The Morgan fingerprint density at radius 1 is 1.25 bits per heavy atom. The van der Waals surface area contributed by atoms with Crippen molar-refractivity contribution in [1.29, 1.82) is 0 Å². The van der Waals surface area contributed by atoms with Crippen LogP contribution in [0.2, 0.25) is 0 Å². The summed E-state index contributed by atoms with van der Waals surface area (Å²) in [5.41, 5.74) is 3.72. The van der Waals surface area contributed by atoms with Gasteiger partial charge in [0.2, 0.25) is 5.78 Å². The van der Waals surface area contributed by atoms with Crippen molar-refractivity contribution in [3.05, 3.63) is 41.0 Å². The monoisotopic (exact) mass is 327 g/mol. The van der Waals surface area contributed by atoms with Crippen molar-refractivity contribution in [2.24, 2.45) is 10.4 Å². The van der Waals surface area contributed by atoms with Gasteiger partial charge in [0, 0.05) is 11.1 Å². The lowest BCUT2D eigenvalue weighted by Gasteiger charge is -2.36. The Hall–Kier alpha value is -2.27. The number of aliphatic imine (C=N–C) groups is 1. The molecule has 0 amide bonds. The van der Waals surface area contributed by atoms with Gasteiger partial charge in [-0.05, 0) is 35.8 Å². The zero-order chi connectivity index (χ0) is 17.5. The number of hydrogen-bond acceptors (Lipinski definition) is 4. The van der Waals surface area contributed by atoms with E-state index in [-0.39, 0.29) is 16.9 Å². The number of carboxylic acids is 1. The van der Waals surface area contributed by atoms with Gasteiger partial charge < -0.3 is 10.2 Å². The van der Waals surface area contributed by atoms with Gasteiger partial charge in [-0.2, -0.15) is 0 Å². The number of hydrogen-bond donors (Lipinski definition) is 2. The van der Waals surface area contributed by atoms with Crippen LogP contribution < -0.4 is 0 Å². The van der Waals surface area contributed by atoms with Gasteiger partial charge in [-0.15, -0.1) is 0 Å². The van der Waals surface area contributed by atoms with Gasteiger partial charge in [-0.3, -0.25) is 9.79 Å². The molecule has 0 heterocycles. The van der Waals surface area contributed by atoms with Crippen molar-refractivity contribution in [3.8, 4) is 0 Å². The highest BCUT2D eigenvalue weighted by atomic mass is 16.4. The first-order chi connectivity index (χ1) is 11.3. The summed E-state index contributed by atoms with van der Waals surface area (Å²) in [7, 11) is 0. The standard InChI is InChI=1S/C19H21NO4/c1-19(2)8-7-13-14(9-19)11-5-3-4-6-12(11)16(17(13)22)20-15(10-21)18(23)24/h3-6,15,21H,7-10H2,1-2H3,(H,23,24)/t15-/m1/s1. The number of nitrogens with zero attached hydrogens (tertiary/aromatic N) is 1. The second kappa shape index (κ2) is 5.98. The quantitative estimate of drug-likeness (QED) is 0.893. The summed E-state index contributed by atoms with van der Waals surface area (Å²) in [6.45, 7) is 3.76. The van der Waals surface area contributed by atoms with Crippen molar-refractivity contribution in [2.75, 3.05) is 6.61 Å². The molecule has 2 aliphatic rings. The topological polar surface area (TPSA) is 87.0 Å². The van der Waals surface area contributed by atoms with Crippen LogP contribution in [-0.2, 0) is 9.59 Å². The molecule has 1 aromatic carbocycles. The summed E-state index contributed by atoms with van der Waals surface area (Å²) in [6.07, 6.45) is 2.40. The number of fused-ring (bicyclic) bond motifs is 2. The number of aliphatic hydroxyl groups is 1. The molecular formula is C19H21NO4. The van der Waals surface area contributed by atoms with Crippen molar-refractivity contribution in [1.82, 2.24) is 0 Å². The van der Waals surface area contributed by atoms with Gasteiger partial charge in [0.25, 0.3) is 0 Å². The molecule has 0 bridgehead atoms. The van der Waals surface area contributed by atoms with Crippen LogP contribution in [0.4, 0.5) is 0 Å². The fourth-order valence-corrected chi connectivity index (χ4v) is 3.47. The predicted octanol–water partition coefficient (Wildman–Crippen LogP) is 2.47. The highest BCUT2D eigenvalue weighted by Gasteiger charge is 2.37. The number of carboxylic acid groups (broad SMARTS) is 1. The molecule has 2 aliphatic carbocycles. The van der Waals surface area contributed by atoms with Crippen molar-refractivity contribution >= 4 is 23.0 Å². The van der Waals surface area contributed by atoms with Crippen LogP contribution in [-0.4, -0.2) is 40.3 Å². The maximum absolute atomic E-state index is 12.9. The third-order valence-electron chi connectivity index (χ3n) is 4.81. The largest absolute Gasteiger partial charge is 0.480 e. The minimum absolute atomic E-state index is 0.134. The first kappa shape index (κ1) is 16.6. The van der Waals surface area contributed by atoms with E-state index in [4.69, 9.17) is 5.11 Å². The van der Waals surface area contributed by atoms with Gasteiger partial charge >= 0.3 is 5.97 Å². The molecule has 0 aliphatic heterocycles. The van der Waals surface area contributed by atoms with Gasteiger partial charge in [-0.1, -0.05) is 38.1 Å². The summed E-state index contributed by atoms with van der Waals surface area (Å²) in [5.74, 6) is -1.43. The van der Waals surface area contributed by atoms with Crippen molar-refractivity contribution in [2.45, 2.75) is 39.2 Å². The van der Waals surface area contributed by atoms with Gasteiger partial charge in [0.05, 0.1) is 6.61 Å². The Morgan fingerprint density at radius 3 is 2.54 bits per heavy atom. The van der Waals surface area contributed by atoms with E-state index in [0.717, 1.165) is 29.6 Å². The molecule has 0 saturated heterocycles. The van der Waals surface area contributed by atoms with E-state index in [1.807, 2.05) is 18.2 Å². The summed E-state index contributed by atoms with van der Waals surface area (Å²) < 4.78 is 0. The molecule has 0 aromatic heterocycles. The molecule has 1 aromatic rings. The van der Waals surface area contributed by atoms with Crippen LogP contribution in [0, 0.1) is 5.41 Å². The molecule has 1 atom stereocenters. The molecule has 5 heteroatoms. The van der Waals surface area contributed by atoms with E-state index in [1.165, 1.54) is 0 Å². The first-order valence-electron chi connectivity index (χ1n) is 8.12. The lowest BCUT2D eigenvalue weighted by atomic mass is 9.68. The van der Waals surface area contributed by atoms with Crippen molar-refractivity contribution < 1.29 is 19.8 Å². The molecule has 0 radical (unpaired) electrons. The number of carbonyl (C=O) groups is 2. The summed E-state index contributed by atoms with van der Waals surface area (Å²) >= 11 is 0. The fraction of sp³-hybridized carbons (Fsp3) is 0.421. The van der Waals surface area contributed by atoms with E-state index in [2.05, 4.69) is 18.8 Å². The average Bonchev–Trinajstić information content (AvgIpc) is 2.53. The lowest BCUT2D eigenvalue weighted by Crippen LogP contribution is -2.33. The second-order valence-corrected chi connectivity index (χ2v) is 7.19. The van der Waals surface area contributed by atoms with Crippen molar-refractivity contribution in [3.63, 3.8) is 0 Å². The second-order valence-electron chi connectivity index (χ2n) is 7.19. The molecule has 126 valence electrons. The fourth-order valence-electron chi connectivity index (χ4n) is 3.47. The summed E-state index contributed by atoms with van der Waals surface area (Å²) in [6, 6.07) is 6.17. The molecule has 0 saturated carbocycles. The summed E-state index contributed by atoms with van der Waals surface area (Å²) in [5, 5.41) is 18.4.